The van der Waals surface area contributed by atoms with Gasteiger partial charge >= 0.3 is 5.69 Å². The number of nitrogens with zero attached hydrogens (tertiary/aromatic N) is 2. The molecule has 0 aliphatic rings. The Labute approximate surface area is 144 Å². The second kappa shape index (κ2) is 5.68. The number of aryl methyl sites for hydroxylation is 3. The number of benzene rings is 2. The molecule has 2 aromatic carbocycles. The molecule has 24 heavy (non-hydrogen) atoms. The number of halogens is 1. The molecule has 6 nitrogen and oxygen atoms in total. The van der Waals surface area contributed by atoms with E-state index in [9.17, 15) is 13.2 Å². The van der Waals surface area contributed by atoms with Gasteiger partial charge in [0.1, 0.15) is 0 Å². The summed E-state index contributed by atoms with van der Waals surface area (Å²) in [5.74, 6) is 0. The van der Waals surface area contributed by atoms with E-state index in [2.05, 4.69) is 4.72 Å². The quantitative estimate of drug-likeness (QED) is 0.775. The molecular formula is C16H16ClN3O3S. The third-order valence-electron chi connectivity index (χ3n) is 3.98. The molecule has 0 saturated carbocycles. The van der Waals surface area contributed by atoms with E-state index < -0.39 is 10.0 Å². The molecule has 1 N–H and O–H groups in total. The van der Waals surface area contributed by atoms with Crippen molar-refractivity contribution in [2.45, 2.75) is 11.8 Å². The topological polar surface area (TPSA) is 73.1 Å². The van der Waals surface area contributed by atoms with Crippen molar-refractivity contribution < 1.29 is 8.42 Å². The first kappa shape index (κ1) is 16.6. The molecule has 3 rings (SSSR count). The summed E-state index contributed by atoms with van der Waals surface area (Å²) in [6.07, 6.45) is 0. The van der Waals surface area contributed by atoms with Crippen LogP contribution in [0.15, 0.2) is 46.1 Å². The average Bonchev–Trinajstić information content (AvgIpc) is 2.74. The number of hydrogen-bond acceptors (Lipinski definition) is 3. The Kier molecular flexibility index (Phi) is 3.93. The van der Waals surface area contributed by atoms with Crippen LogP contribution in [0.3, 0.4) is 0 Å². The molecule has 0 unspecified atom stereocenters. The summed E-state index contributed by atoms with van der Waals surface area (Å²) in [6, 6.07) is 9.52. The summed E-state index contributed by atoms with van der Waals surface area (Å²) < 4.78 is 30.5. The maximum absolute atomic E-state index is 12.5. The minimum Gasteiger partial charge on any atom is -0.295 e. The predicted molar refractivity (Wildman–Crippen MR) is 95.2 cm³/mol. The fraction of sp³-hybridized carbons (Fsp3) is 0.188. The van der Waals surface area contributed by atoms with E-state index in [4.69, 9.17) is 11.6 Å². The van der Waals surface area contributed by atoms with Crippen molar-refractivity contribution in [3.63, 3.8) is 0 Å². The van der Waals surface area contributed by atoms with E-state index in [0.717, 1.165) is 11.1 Å². The summed E-state index contributed by atoms with van der Waals surface area (Å²) in [5.41, 5.74) is 2.38. The van der Waals surface area contributed by atoms with Crippen LogP contribution < -0.4 is 10.4 Å². The molecule has 0 spiro atoms. The van der Waals surface area contributed by atoms with Gasteiger partial charge < -0.3 is 0 Å². The lowest BCUT2D eigenvalue weighted by molar-refractivity contribution is 0.601. The zero-order valence-electron chi connectivity index (χ0n) is 13.4. The fourth-order valence-corrected chi connectivity index (χ4v) is 3.85. The van der Waals surface area contributed by atoms with Crippen LogP contribution in [0.2, 0.25) is 5.02 Å². The number of anilines is 1. The van der Waals surface area contributed by atoms with Gasteiger partial charge in [0.25, 0.3) is 10.0 Å². The van der Waals surface area contributed by atoms with Gasteiger partial charge in [-0.05, 0) is 42.8 Å². The third kappa shape index (κ3) is 2.70. The predicted octanol–water partition coefficient (Wildman–Crippen LogP) is 2.64. The van der Waals surface area contributed by atoms with E-state index in [1.165, 1.54) is 21.3 Å². The number of fused-ring (bicyclic) bond motifs is 1. The van der Waals surface area contributed by atoms with Crippen LogP contribution in [-0.2, 0) is 24.1 Å². The molecule has 0 radical (unpaired) electrons. The molecule has 126 valence electrons. The third-order valence-corrected chi connectivity index (χ3v) is 5.76. The monoisotopic (exact) mass is 365 g/mol. The smallest absolute Gasteiger partial charge is 0.295 e. The van der Waals surface area contributed by atoms with Gasteiger partial charge in [-0.25, -0.2) is 13.2 Å². The van der Waals surface area contributed by atoms with E-state index in [1.807, 2.05) is 0 Å². The van der Waals surface area contributed by atoms with Crippen molar-refractivity contribution in [2.75, 3.05) is 4.72 Å². The van der Waals surface area contributed by atoms with Gasteiger partial charge in [0.2, 0.25) is 0 Å². The Morgan fingerprint density at radius 1 is 1.00 bits per heavy atom. The average molecular weight is 366 g/mol. The van der Waals surface area contributed by atoms with Gasteiger partial charge in [0.05, 0.1) is 21.6 Å². The van der Waals surface area contributed by atoms with Crippen molar-refractivity contribution in [1.29, 1.82) is 0 Å². The number of hydrogen-bond donors (Lipinski definition) is 1. The molecule has 1 aromatic heterocycles. The molecule has 1 heterocycles. The SMILES string of the molecule is Cc1ccc(S(=O)(=O)Nc2ccc3c(c2)n(C)c(=O)n3C)cc1Cl. The maximum atomic E-state index is 12.5. The Bertz CT molecular complexity index is 1110. The Morgan fingerprint density at radius 2 is 1.67 bits per heavy atom. The summed E-state index contributed by atoms with van der Waals surface area (Å²) in [7, 11) is -0.455. The lowest BCUT2D eigenvalue weighted by atomic mass is 10.2. The Balaban J connectivity index is 2.04. The van der Waals surface area contributed by atoms with Crippen molar-refractivity contribution in [3.8, 4) is 0 Å². The fourth-order valence-electron chi connectivity index (χ4n) is 2.53. The molecule has 3 aromatic rings. The minimum atomic E-state index is -3.77. The molecule has 0 bridgehead atoms. The van der Waals surface area contributed by atoms with Crippen LogP contribution in [0.25, 0.3) is 11.0 Å². The van der Waals surface area contributed by atoms with E-state index in [1.54, 1.807) is 45.3 Å². The zero-order chi connectivity index (χ0) is 17.6. The number of imidazole rings is 1. The van der Waals surface area contributed by atoms with Gasteiger partial charge in [-0.15, -0.1) is 0 Å². The highest BCUT2D eigenvalue weighted by molar-refractivity contribution is 7.92. The van der Waals surface area contributed by atoms with Crippen LogP contribution in [0.4, 0.5) is 5.69 Å². The minimum absolute atomic E-state index is 0.0835. The molecule has 0 amide bonds. The highest BCUT2D eigenvalue weighted by atomic mass is 35.5. The lowest BCUT2D eigenvalue weighted by Crippen LogP contribution is -2.19. The molecule has 0 aliphatic carbocycles. The second-order valence-electron chi connectivity index (χ2n) is 5.62. The molecule has 0 atom stereocenters. The number of rotatable bonds is 3. The van der Waals surface area contributed by atoms with E-state index in [0.29, 0.717) is 16.2 Å². The summed E-state index contributed by atoms with van der Waals surface area (Å²) in [4.78, 5) is 12.0. The summed E-state index contributed by atoms with van der Waals surface area (Å²) in [5, 5.41) is 0.388. The Hall–Kier alpha value is -2.25. The molecule has 0 fully saturated rings. The van der Waals surface area contributed by atoms with Crippen molar-refractivity contribution >= 4 is 38.3 Å². The first-order valence-corrected chi connectivity index (χ1v) is 9.01. The number of sulfonamides is 1. The molecule has 0 saturated heterocycles. The van der Waals surface area contributed by atoms with Crippen LogP contribution >= 0.6 is 11.6 Å². The lowest BCUT2D eigenvalue weighted by Gasteiger charge is -2.09. The molecule has 0 aliphatic heterocycles. The van der Waals surface area contributed by atoms with Gasteiger partial charge in [0, 0.05) is 19.1 Å². The van der Waals surface area contributed by atoms with Crippen molar-refractivity contribution in [2.24, 2.45) is 14.1 Å². The summed E-state index contributed by atoms with van der Waals surface area (Å²) >= 11 is 6.01. The highest BCUT2D eigenvalue weighted by Crippen LogP contribution is 2.24. The van der Waals surface area contributed by atoms with Gasteiger partial charge in [-0.1, -0.05) is 17.7 Å². The zero-order valence-corrected chi connectivity index (χ0v) is 14.9. The van der Waals surface area contributed by atoms with Crippen molar-refractivity contribution in [1.82, 2.24) is 9.13 Å². The number of aromatic nitrogens is 2. The maximum Gasteiger partial charge on any atom is 0.328 e. The normalized spacial score (nSPS) is 11.8. The highest BCUT2D eigenvalue weighted by Gasteiger charge is 2.16. The van der Waals surface area contributed by atoms with Crippen LogP contribution in [-0.4, -0.2) is 17.6 Å². The molecular weight excluding hydrogens is 350 g/mol. The van der Waals surface area contributed by atoms with Gasteiger partial charge in [0.15, 0.2) is 0 Å². The van der Waals surface area contributed by atoms with E-state index in [-0.39, 0.29) is 10.6 Å². The molecule has 8 heteroatoms. The van der Waals surface area contributed by atoms with E-state index >= 15 is 0 Å². The summed E-state index contributed by atoms with van der Waals surface area (Å²) in [6.45, 7) is 1.80. The van der Waals surface area contributed by atoms with Crippen LogP contribution in [0.5, 0.6) is 0 Å². The van der Waals surface area contributed by atoms with Crippen LogP contribution in [0.1, 0.15) is 5.56 Å². The van der Waals surface area contributed by atoms with Gasteiger partial charge in [-0.3, -0.25) is 13.9 Å². The van der Waals surface area contributed by atoms with Crippen LogP contribution in [0, 0.1) is 6.92 Å². The van der Waals surface area contributed by atoms with Gasteiger partial charge in [-0.2, -0.15) is 0 Å². The Morgan fingerprint density at radius 3 is 2.33 bits per heavy atom. The standard InChI is InChI=1S/C16H16ClN3O3S/c1-10-4-6-12(9-13(10)17)24(22,23)18-11-5-7-14-15(8-11)20(3)16(21)19(14)2/h4-9,18H,1-3H3. The van der Waals surface area contributed by atoms with Crippen molar-refractivity contribution in [3.05, 3.63) is 57.5 Å². The number of nitrogens with one attached hydrogen (secondary N) is 1. The first-order chi connectivity index (χ1) is 11.2. The first-order valence-electron chi connectivity index (χ1n) is 7.15. The second-order valence-corrected chi connectivity index (χ2v) is 7.71. The largest absolute Gasteiger partial charge is 0.328 e.